The summed E-state index contributed by atoms with van der Waals surface area (Å²) >= 11 is 0. The zero-order valence-corrected chi connectivity index (χ0v) is 9.08. The zero-order valence-electron chi connectivity index (χ0n) is 9.08. The first kappa shape index (κ1) is 10.7. The molecule has 1 aromatic carbocycles. The van der Waals surface area contributed by atoms with E-state index in [9.17, 15) is 9.59 Å². The van der Waals surface area contributed by atoms with Crippen molar-refractivity contribution in [3.05, 3.63) is 29.3 Å². The van der Waals surface area contributed by atoms with Gasteiger partial charge in [-0.2, -0.15) is 0 Å². The molecule has 1 heterocycles. The van der Waals surface area contributed by atoms with Gasteiger partial charge >= 0.3 is 5.97 Å². The van der Waals surface area contributed by atoms with Crippen LogP contribution in [-0.2, 0) is 11.2 Å². The van der Waals surface area contributed by atoms with Gasteiger partial charge in [0.1, 0.15) is 5.75 Å². The summed E-state index contributed by atoms with van der Waals surface area (Å²) < 4.78 is 4.95. The number of ether oxygens (including phenoxy) is 1. The number of aryl methyl sites for hydroxylation is 1. The SMILES string of the molecule is CC(=O)Oc1ccc2c(c1)C(=O)NCCC2. The van der Waals surface area contributed by atoms with E-state index in [0.29, 0.717) is 17.9 Å². The summed E-state index contributed by atoms with van der Waals surface area (Å²) in [6, 6.07) is 5.19. The molecule has 1 aliphatic rings. The van der Waals surface area contributed by atoms with Crippen molar-refractivity contribution in [2.24, 2.45) is 0 Å². The summed E-state index contributed by atoms with van der Waals surface area (Å²) in [6.45, 7) is 2.03. The van der Waals surface area contributed by atoms with Gasteiger partial charge in [-0.05, 0) is 30.5 Å². The summed E-state index contributed by atoms with van der Waals surface area (Å²) in [4.78, 5) is 22.5. The molecule has 1 aliphatic heterocycles. The van der Waals surface area contributed by atoms with Crippen molar-refractivity contribution in [3.63, 3.8) is 0 Å². The van der Waals surface area contributed by atoms with Gasteiger partial charge in [0.2, 0.25) is 0 Å². The molecular weight excluding hydrogens is 206 g/mol. The third kappa shape index (κ3) is 2.21. The second-order valence-corrected chi connectivity index (χ2v) is 3.77. The van der Waals surface area contributed by atoms with Crippen molar-refractivity contribution in [3.8, 4) is 5.75 Å². The van der Waals surface area contributed by atoms with E-state index in [2.05, 4.69) is 5.32 Å². The molecule has 0 radical (unpaired) electrons. The Labute approximate surface area is 93.6 Å². The molecule has 0 spiro atoms. The van der Waals surface area contributed by atoms with Crippen LogP contribution >= 0.6 is 0 Å². The molecule has 4 nitrogen and oxygen atoms in total. The van der Waals surface area contributed by atoms with E-state index in [0.717, 1.165) is 18.4 Å². The van der Waals surface area contributed by atoms with Crippen LogP contribution in [0.1, 0.15) is 29.3 Å². The van der Waals surface area contributed by atoms with E-state index >= 15 is 0 Å². The Kier molecular flexibility index (Phi) is 2.90. The first-order valence-corrected chi connectivity index (χ1v) is 5.26. The van der Waals surface area contributed by atoms with E-state index in [1.807, 2.05) is 6.07 Å². The fourth-order valence-corrected chi connectivity index (χ4v) is 1.79. The number of hydrogen-bond donors (Lipinski definition) is 1. The Balaban J connectivity index is 2.35. The summed E-state index contributed by atoms with van der Waals surface area (Å²) in [5.41, 5.74) is 1.61. The van der Waals surface area contributed by atoms with E-state index in [-0.39, 0.29) is 11.9 Å². The molecule has 16 heavy (non-hydrogen) atoms. The number of carbonyl (C=O) groups excluding carboxylic acids is 2. The van der Waals surface area contributed by atoms with E-state index < -0.39 is 0 Å². The highest BCUT2D eigenvalue weighted by Gasteiger charge is 2.15. The maximum atomic E-state index is 11.7. The third-order valence-corrected chi connectivity index (χ3v) is 2.50. The minimum absolute atomic E-state index is 0.0958. The number of esters is 1. The number of nitrogens with one attached hydrogen (secondary N) is 1. The molecule has 4 heteroatoms. The fourth-order valence-electron chi connectivity index (χ4n) is 1.79. The van der Waals surface area contributed by atoms with Crippen LogP contribution in [0.25, 0.3) is 0 Å². The Bertz CT molecular complexity index is 440. The normalized spacial score (nSPS) is 14.7. The zero-order chi connectivity index (χ0) is 11.5. The Morgan fingerprint density at radius 2 is 2.25 bits per heavy atom. The molecule has 0 fully saturated rings. The molecule has 0 saturated heterocycles. The van der Waals surface area contributed by atoms with Crippen LogP contribution in [0.2, 0.25) is 0 Å². The van der Waals surface area contributed by atoms with Crippen LogP contribution in [0.5, 0.6) is 5.75 Å². The monoisotopic (exact) mass is 219 g/mol. The molecule has 84 valence electrons. The molecule has 0 unspecified atom stereocenters. The van der Waals surface area contributed by atoms with Gasteiger partial charge < -0.3 is 10.1 Å². The molecule has 2 rings (SSSR count). The minimum Gasteiger partial charge on any atom is -0.427 e. The van der Waals surface area contributed by atoms with Crippen LogP contribution in [0.15, 0.2) is 18.2 Å². The fraction of sp³-hybridized carbons (Fsp3) is 0.333. The predicted octanol–water partition coefficient (Wildman–Crippen LogP) is 1.29. The van der Waals surface area contributed by atoms with Crippen molar-refractivity contribution < 1.29 is 14.3 Å². The lowest BCUT2D eigenvalue weighted by molar-refractivity contribution is -0.131. The van der Waals surface area contributed by atoms with Crippen molar-refractivity contribution in [2.45, 2.75) is 19.8 Å². The molecule has 0 aliphatic carbocycles. The molecule has 0 aromatic heterocycles. The number of fused-ring (bicyclic) bond motifs is 1. The molecule has 1 amide bonds. The van der Waals surface area contributed by atoms with Crippen molar-refractivity contribution in [1.29, 1.82) is 0 Å². The van der Waals surface area contributed by atoms with Gasteiger partial charge in [0, 0.05) is 19.0 Å². The van der Waals surface area contributed by atoms with Gasteiger partial charge in [-0.25, -0.2) is 0 Å². The smallest absolute Gasteiger partial charge is 0.308 e. The molecule has 1 aromatic rings. The second-order valence-electron chi connectivity index (χ2n) is 3.77. The van der Waals surface area contributed by atoms with Gasteiger partial charge in [-0.15, -0.1) is 0 Å². The number of amides is 1. The second kappa shape index (κ2) is 4.35. The summed E-state index contributed by atoms with van der Waals surface area (Å²) in [5, 5.41) is 2.80. The average molecular weight is 219 g/mol. The van der Waals surface area contributed by atoms with Crippen molar-refractivity contribution in [2.75, 3.05) is 6.54 Å². The Hall–Kier alpha value is -1.84. The molecular formula is C12H13NO3. The molecule has 0 atom stereocenters. The Morgan fingerprint density at radius 3 is 3.00 bits per heavy atom. The van der Waals surface area contributed by atoms with Crippen molar-refractivity contribution in [1.82, 2.24) is 5.32 Å². The van der Waals surface area contributed by atoms with Gasteiger partial charge in [0.15, 0.2) is 0 Å². The standard InChI is InChI=1S/C12H13NO3/c1-8(14)16-10-5-4-9-3-2-6-13-12(15)11(9)7-10/h4-5,7H,2-3,6H2,1H3,(H,13,15). The van der Waals surface area contributed by atoms with E-state index in [1.54, 1.807) is 12.1 Å². The van der Waals surface area contributed by atoms with Crippen LogP contribution in [0.3, 0.4) is 0 Å². The number of benzene rings is 1. The van der Waals surface area contributed by atoms with Crippen LogP contribution in [0.4, 0.5) is 0 Å². The average Bonchev–Trinajstić information content (AvgIpc) is 2.41. The quantitative estimate of drug-likeness (QED) is 0.572. The number of carbonyl (C=O) groups is 2. The third-order valence-electron chi connectivity index (χ3n) is 2.50. The molecule has 0 saturated carbocycles. The summed E-state index contributed by atoms with van der Waals surface area (Å²) in [6.07, 6.45) is 1.81. The van der Waals surface area contributed by atoms with E-state index in [1.165, 1.54) is 6.92 Å². The van der Waals surface area contributed by atoms with Crippen LogP contribution < -0.4 is 10.1 Å². The van der Waals surface area contributed by atoms with Gasteiger partial charge in [0.25, 0.3) is 5.91 Å². The lowest BCUT2D eigenvalue weighted by Crippen LogP contribution is -2.22. The van der Waals surface area contributed by atoms with Crippen molar-refractivity contribution >= 4 is 11.9 Å². The lowest BCUT2D eigenvalue weighted by Gasteiger charge is -2.07. The highest BCUT2D eigenvalue weighted by molar-refractivity contribution is 5.96. The first-order chi connectivity index (χ1) is 7.66. The van der Waals surface area contributed by atoms with Gasteiger partial charge in [0.05, 0.1) is 0 Å². The highest BCUT2D eigenvalue weighted by atomic mass is 16.5. The highest BCUT2D eigenvalue weighted by Crippen LogP contribution is 2.21. The van der Waals surface area contributed by atoms with E-state index in [4.69, 9.17) is 4.74 Å². The van der Waals surface area contributed by atoms with Crippen LogP contribution in [0, 0.1) is 0 Å². The Morgan fingerprint density at radius 1 is 1.44 bits per heavy atom. The molecule has 1 N–H and O–H groups in total. The lowest BCUT2D eigenvalue weighted by atomic mass is 10.0. The number of hydrogen-bond acceptors (Lipinski definition) is 3. The predicted molar refractivity (Wildman–Crippen MR) is 58.4 cm³/mol. The maximum Gasteiger partial charge on any atom is 0.308 e. The number of rotatable bonds is 1. The van der Waals surface area contributed by atoms with Crippen LogP contribution in [-0.4, -0.2) is 18.4 Å². The maximum absolute atomic E-state index is 11.7. The largest absolute Gasteiger partial charge is 0.427 e. The minimum atomic E-state index is -0.381. The molecule has 0 bridgehead atoms. The summed E-state index contributed by atoms with van der Waals surface area (Å²) in [5.74, 6) is -0.0567. The topological polar surface area (TPSA) is 55.4 Å². The van der Waals surface area contributed by atoms with Gasteiger partial charge in [-0.3, -0.25) is 9.59 Å². The first-order valence-electron chi connectivity index (χ1n) is 5.26. The van der Waals surface area contributed by atoms with Gasteiger partial charge in [-0.1, -0.05) is 6.07 Å². The summed E-state index contributed by atoms with van der Waals surface area (Å²) in [7, 11) is 0.